The molecule has 0 radical (unpaired) electrons. The molecule has 0 spiro atoms. The molecule has 3 nitrogen and oxygen atoms in total. The number of hydrogen-bond acceptors (Lipinski definition) is 2. The molecule has 0 aliphatic heterocycles. The molecule has 1 heterocycles. The second-order valence-electron chi connectivity index (χ2n) is 4.87. The Morgan fingerprint density at radius 3 is 2.29 bits per heavy atom. The number of hydrogen-bond donors (Lipinski definition) is 1. The standard InChI is InChI=1S/C18H15NO2/c1-13-4-6-15(7-5-13)18(20)19-16-10-8-14(9-11-16)17-3-2-12-21-17/h2-12H,1H3,(H,19,20). The predicted molar refractivity (Wildman–Crippen MR) is 83.3 cm³/mol. The van der Waals surface area contributed by atoms with Gasteiger partial charge in [0.25, 0.3) is 5.91 Å². The molecule has 21 heavy (non-hydrogen) atoms. The average Bonchev–Trinajstić information content (AvgIpc) is 3.03. The molecule has 0 unspecified atom stereocenters. The third-order valence-corrected chi connectivity index (χ3v) is 3.26. The molecular formula is C18H15NO2. The molecule has 0 fully saturated rings. The van der Waals surface area contributed by atoms with Gasteiger partial charge in [-0.3, -0.25) is 4.79 Å². The fourth-order valence-corrected chi connectivity index (χ4v) is 2.07. The highest BCUT2D eigenvalue weighted by Crippen LogP contribution is 2.22. The minimum Gasteiger partial charge on any atom is -0.464 e. The molecule has 104 valence electrons. The van der Waals surface area contributed by atoms with Gasteiger partial charge in [0.2, 0.25) is 0 Å². The molecule has 3 aromatic rings. The predicted octanol–water partition coefficient (Wildman–Crippen LogP) is 4.51. The number of benzene rings is 2. The lowest BCUT2D eigenvalue weighted by molar-refractivity contribution is 0.102. The van der Waals surface area contributed by atoms with Gasteiger partial charge in [-0.05, 0) is 55.5 Å². The van der Waals surface area contributed by atoms with E-state index in [-0.39, 0.29) is 5.91 Å². The van der Waals surface area contributed by atoms with E-state index in [0.717, 1.165) is 22.6 Å². The summed E-state index contributed by atoms with van der Waals surface area (Å²) in [6.07, 6.45) is 1.64. The maximum absolute atomic E-state index is 12.1. The van der Waals surface area contributed by atoms with Crippen molar-refractivity contribution in [2.24, 2.45) is 0 Å². The van der Waals surface area contributed by atoms with Crippen LogP contribution in [0.4, 0.5) is 5.69 Å². The molecule has 0 aliphatic rings. The number of aryl methyl sites for hydroxylation is 1. The highest BCUT2D eigenvalue weighted by atomic mass is 16.3. The second kappa shape index (κ2) is 5.67. The van der Waals surface area contributed by atoms with Crippen LogP contribution in [0.2, 0.25) is 0 Å². The first-order valence-electron chi connectivity index (χ1n) is 6.74. The van der Waals surface area contributed by atoms with Gasteiger partial charge in [-0.2, -0.15) is 0 Å². The number of furan rings is 1. The maximum atomic E-state index is 12.1. The van der Waals surface area contributed by atoms with Gasteiger partial charge in [-0.25, -0.2) is 0 Å². The Kier molecular flexibility index (Phi) is 3.56. The third-order valence-electron chi connectivity index (χ3n) is 3.26. The van der Waals surface area contributed by atoms with Crippen LogP contribution in [0.5, 0.6) is 0 Å². The highest BCUT2D eigenvalue weighted by Gasteiger charge is 2.06. The van der Waals surface area contributed by atoms with E-state index in [4.69, 9.17) is 4.42 Å². The van der Waals surface area contributed by atoms with Crippen LogP contribution < -0.4 is 5.32 Å². The molecule has 0 aliphatic carbocycles. The van der Waals surface area contributed by atoms with Crippen molar-refractivity contribution in [3.05, 3.63) is 78.1 Å². The minimum absolute atomic E-state index is 0.110. The van der Waals surface area contributed by atoms with Gasteiger partial charge in [0, 0.05) is 16.8 Å². The van der Waals surface area contributed by atoms with Crippen LogP contribution in [0.3, 0.4) is 0 Å². The zero-order chi connectivity index (χ0) is 14.7. The Hall–Kier alpha value is -2.81. The first kappa shape index (κ1) is 13.2. The summed E-state index contributed by atoms with van der Waals surface area (Å²) >= 11 is 0. The number of rotatable bonds is 3. The van der Waals surface area contributed by atoms with E-state index in [1.807, 2.05) is 67.6 Å². The molecule has 1 aromatic heterocycles. The van der Waals surface area contributed by atoms with E-state index < -0.39 is 0 Å². The monoisotopic (exact) mass is 277 g/mol. The number of amides is 1. The van der Waals surface area contributed by atoms with Gasteiger partial charge in [-0.1, -0.05) is 17.7 Å². The largest absolute Gasteiger partial charge is 0.464 e. The van der Waals surface area contributed by atoms with Gasteiger partial charge in [0.15, 0.2) is 0 Å². The zero-order valence-electron chi connectivity index (χ0n) is 11.7. The summed E-state index contributed by atoms with van der Waals surface area (Å²) in [5, 5.41) is 2.88. The van der Waals surface area contributed by atoms with Gasteiger partial charge in [0.05, 0.1) is 6.26 Å². The normalized spacial score (nSPS) is 10.3. The van der Waals surface area contributed by atoms with Crippen LogP contribution in [0, 0.1) is 6.92 Å². The number of carbonyl (C=O) groups excluding carboxylic acids is 1. The number of nitrogens with one attached hydrogen (secondary N) is 1. The van der Waals surface area contributed by atoms with Crippen molar-refractivity contribution in [1.29, 1.82) is 0 Å². The lowest BCUT2D eigenvalue weighted by Gasteiger charge is -2.06. The molecule has 0 saturated heterocycles. The summed E-state index contributed by atoms with van der Waals surface area (Å²) in [4.78, 5) is 12.1. The molecule has 0 saturated carbocycles. The lowest BCUT2D eigenvalue weighted by atomic mass is 10.1. The average molecular weight is 277 g/mol. The van der Waals surface area contributed by atoms with E-state index >= 15 is 0 Å². The molecular weight excluding hydrogens is 262 g/mol. The molecule has 0 bridgehead atoms. The fourth-order valence-electron chi connectivity index (χ4n) is 2.07. The Labute approximate surface area is 123 Å². The molecule has 3 heteroatoms. The van der Waals surface area contributed by atoms with Crippen LogP contribution in [0.15, 0.2) is 71.3 Å². The van der Waals surface area contributed by atoms with Crippen LogP contribution in [0.25, 0.3) is 11.3 Å². The van der Waals surface area contributed by atoms with Crippen molar-refractivity contribution in [3.63, 3.8) is 0 Å². The van der Waals surface area contributed by atoms with Crippen LogP contribution in [0.1, 0.15) is 15.9 Å². The summed E-state index contributed by atoms with van der Waals surface area (Å²) < 4.78 is 5.33. The molecule has 1 N–H and O–H groups in total. The minimum atomic E-state index is -0.110. The lowest BCUT2D eigenvalue weighted by Crippen LogP contribution is -2.11. The van der Waals surface area contributed by atoms with Gasteiger partial charge < -0.3 is 9.73 Å². The van der Waals surface area contributed by atoms with E-state index in [1.54, 1.807) is 6.26 Å². The summed E-state index contributed by atoms with van der Waals surface area (Å²) in [5.74, 6) is 0.701. The quantitative estimate of drug-likeness (QED) is 0.765. The first-order chi connectivity index (χ1) is 10.2. The molecule has 3 rings (SSSR count). The topological polar surface area (TPSA) is 42.2 Å². The smallest absolute Gasteiger partial charge is 0.255 e. The Balaban J connectivity index is 1.73. The van der Waals surface area contributed by atoms with E-state index in [0.29, 0.717) is 5.56 Å². The fraction of sp³-hybridized carbons (Fsp3) is 0.0556. The third kappa shape index (κ3) is 3.03. The van der Waals surface area contributed by atoms with Gasteiger partial charge in [0.1, 0.15) is 5.76 Å². The summed E-state index contributed by atoms with van der Waals surface area (Å²) in [7, 11) is 0. The Bertz CT molecular complexity index is 726. The van der Waals surface area contributed by atoms with Gasteiger partial charge in [-0.15, -0.1) is 0 Å². The van der Waals surface area contributed by atoms with Gasteiger partial charge >= 0.3 is 0 Å². The van der Waals surface area contributed by atoms with Crippen molar-refractivity contribution in [2.75, 3.05) is 5.32 Å². The molecule has 1 amide bonds. The number of carbonyl (C=O) groups is 1. The van der Waals surface area contributed by atoms with E-state index in [1.165, 1.54) is 0 Å². The van der Waals surface area contributed by atoms with Crippen molar-refractivity contribution in [2.45, 2.75) is 6.92 Å². The van der Waals surface area contributed by atoms with Crippen LogP contribution >= 0.6 is 0 Å². The molecule has 0 atom stereocenters. The van der Waals surface area contributed by atoms with E-state index in [2.05, 4.69) is 5.32 Å². The van der Waals surface area contributed by atoms with Crippen LogP contribution in [-0.2, 0) is 0 Å². The number of anilines is 1. The maximum Gasteiger partial charge on any atom is 0.255 e. The van der Waals surface area contributed by atoms with Crippen molar-refractivity contribution < 1.29 is 9.21 Å². The zero-order valence-corrected chi connectivity index (χ0v) is 11.7. The Morgan fingerprint density at radius 1 is 0.952 bits per heavy atom. The summed E-state index contributed by atoms with van der Waals surface area (Å²) in [6.45, 7) is 2.00. The second-order valence-corrected chi connectivity index (χ2v) is 4.87. The summed E-state index contributed by atoms with van der Waals surface area (Å²) in [6, 6.07) is 18.8. The van der Waals surface area contributed by atoms with Crippen molar-refractivity contribution in [3.8, 4) is 11.3 Å². The SMILES string of the molecule is Cc1ccc(C(=O)Nc2ccc(-c3ccco3)cc2)cc1. The van der Waals surface area contributed by atoms with E-state index in [9.17, 15) is 4.79 Å². The van der Waals surface area contributed by atoms with Crippen molar-refractivity contribution >= 4 is 11.6 Å². The summed E-state index contributed by atoms with van der Waals surface area (Å²) in [5.41, 5.74) is 3.52. The first-order valence-corrected chi connectivity index (χ1v) is 6.74. The Morgan fingerprint density at radius 2 is 1.67 bits per heavy atom. The highest BCUT2D eigenvalue weighted by molar-refractivity contribution is 6.04. The van der Waals surface area contributed by atoms with Crippen LogP contribution in [-0.4, -0.2) is 5.91 Å². The molecule has 2 aromatic carbocycles. The van der Waals surface area contributed by atoms with Crippen molar-refractivity contribution in [1.82, 2.24) is 0 Å².